The van der Waals surface area contributed by atoms with Crippen molar-refractivity contribution in [1.82, 2.24) is 0 Å². The van der Waals surface area contributed by atoms with Crippen LogP contribution in [0.2, 0.25) is 0 Å². The molecule has 0 heterocycles. The van der Waals surface area contributed by atoms with E-state index in [0.717, 1.165) is 5.92 Å². The normalized spacial score (nSPS) is 13.5. The van der Waals surface area contributed by atoms with Crippen LogP contribution in [-0.2, 0) is 0 Å². The van der Waals surface area contributed by atoms with Crippen LogP contribution < -0.4 is 0 Å². The van der Waals surface area contributed by atoms with Crippen LogP contribution in [0.3, 0.4) is 0 Å². The summed E-state index contributed by atoms with van der Waals surface area (Å²) in [5.41, 5.74) is 0. The van der Waals surface area contributed by atoms with E-state index >= 15 is 0 Å². The number of unbranched alkanes of at least 4 members (excludes halogenated alkanes) is 1. The van der Waals surface area contributed by atoms with Gasteiger partial charge in [0.25, 0.3) is 0 Å². The van der Waals surface area contributed by atoms with Crippen molar-refractivity contribution >= 4 is 9.24 Å². The van der Waals surface area contributed by atoms with Gasteiger partial charge in [0.2, 0.25) is 0 Å². The summed E-state index contributed by atoms with van der Waals surface area (Å²) in [5, 5.41) is 0. The molecule has 0 aromatic heterocycles. The molecule has 0 saturated carbocycles. The van der Waals surface area contributed by atoms with Gasteiger partial charge in [-0.25, -0.2) is 0 Å². The summed E-state index contributed by atoms with van der Waals surface area (Å²) in [7, 11) is 2.79. The Hall–Kier alpha value is 0.430. The lowest BCUT2D eigenvalue weighted by atomic mass is 10.00. The maximum atomic E-state index is 2.79. The van der Waals surface area contributed by atoms with E-state index in [0.29, 0.717) is 0 Å². The maximum absolute atomic E-state index is 2.79. The third-order valence-electron chi connectivity index (χ3n) is 1.95. The van der Waals surface area contributed by atoms with Crippen molar-refractivity contribution in [3.63, 3.8) is 0 Å². The van der Waals surface area contributed by atoms with Gasteiger partial charge in [-0.1, -0.05) is 39.5 Å². The standard InChI is InChI=1S/C9H21P/c1-3-4-6-9(2)7-5-8-10/h9H,3-8,10H2,1-2H3. The van der Waals surface area contributed by atoms with Gasteiger partial charge in [0.15, 0.2) is 0 Å². The first kappa shape index (κ1) is 10.4. The Morgan fingerprint density at radius 2 is 1.80 bits per heavy atom. The molecule has 0 amide bonds. The fourth-order valence-corrected chi connectivity index (χ4v) is 1.40. The van der Waals surface area contributed by atoms with Crippen LogP contribution in [0.5, 0.6) is 0 Å². The molecule has 2 unspecified atom stereocenters. The van der Waals surface area contributed by atoms with E-state index in [9.17, 15) is 0 Å². The molecule has 62 valence electrons. The van der Waals surface area contributed by atoms with Crippen LogP contribution >= 0.6 is 9.24 Å². The lowest BCUT2D eigenvalue weighted by molar-refractivity contribution is 0.468. The lowest BCUT2D eigenvalue weighted by Crippen LogP contribution is -1.94. The highest BCUT2D eigenvalue weighted by Gasteiger charge is 1.98. The molecule has 0 N–H and O–H groups in total. The zero-order chi connectivity index (χ0) is 7.82. The SMILES string of the molecule is CCCCC(C)CCCP. The second-order valence-corrected chi connectivity index (χ2v) is 3.76. The molecule has 10 heavy (non-hydrogen) atoms. The number of hydrogen-bond acceptors (Lipinski definition) is 0. The van der Waals surface area contributed by atoms with Crippen LogP contribution in [0.1, 0.15) is 46.0 Å². The summed E-state index contributed by atoms with van der Waals surface area (Å²) in [4.78, 5) is 0. The molecule has 0 saturated heterocycles. The van der Waals surface area contributed by atoms with Crippen molar-refractivity contribution < 1.29 is 0 Å². The van der Waals surface area contributed by atoms with Gasteiger partial charge in [0.05, 0.1) is 0 Å². The van der Waals surface area contributed by atoms with E-state index in [1.54, 1.807) is 0 Å². The molecule has 0 aromatic carbocycles. The predicted octanol–water partition coefficient (Wildman–Crippen LogP) is 3.47. The lowest BCUT2D eigenvalue weighted by Gasteiger charge is -2.08. The first-order valence-corrected chi connectivity index (χ1v) is 5.33. The van der Waals surface area contributed by atoms with Gasteiger partial charge in [-0.05, 0) is 18.5 Å². The summed E-state index contributed by atoms with van der Waals surface area (Å²) >= 11 is 0. The van der Waals surface area contributed by atoms with Gasteiger partial charge < -0.3 is 0 Å². The van der Waals surface area contributed by atoms with Crippen molar-refractivity contribution in [2.24, 2.45) is 5.92 Å². The van der Waals surface area contributed by atoms with Crippen LogP contribution in [0.4, 0.5) is 0 Å². The second-order valence-electron chi connectivity index (χ2n) is 3.18. The van der Waals surface area contributed by atoms with Crippen molar-refractivity contribution in [3.8, 4) is 0 Å². The van der Waals surface area contributed by atoms with E-state index in [1.807, 2.05) is 0 Å². The first-order valence-electron chi connectivity index (χ1n) is 4.51. The Bertz CT molecular complexity index is 53.7. The van der Waals surface area contributed by atoms with E-state index < -0.39 is 0 Å². The van der Waals surface area contributed by atoms with E-state index in [4.69, 9.17) is 0 Å². The Balaban J connectivity index is 3.00. The van der Waals surface area contributed by atoms with E-state index in [1.165, 1.54) is 38.3 Å². The van der Waals surface area contributed by atoms with E-state index in [2.05, 4.69) is 23.1 Å². The molecule has 0 rings (SSSR count). The second kappa shape index (κ2) is 7.54. The zero-order valence-corrected chi connectivity index (χ0v) is 8.55. The Labute approximate surface area is 68.0 Å². The minimum Gasteiger partial charge on any atom is -0.138 e. The van der Waals surface area contributed by atoms with Crippen molar-refractivity contribution in [2.75, 3.05) is 6.16 Å². The van der Waals surface area contributed by atoms with Gasteiger partial charge in [0, 0.05) is 0 Å². The molecule has 0 aliphatic rings. The molecule has 0 aliphatic carbocycles. The molecular weight excluding hydrogens is 139 g/mol. The molecule has 0 nitrogen and oxygen atoms in total. The average molecular weight is 160 g/mol. The summed E-state index contributed by atoms with van der Waals surface area (Å²) in [6.07, 6.45) is 8.28. The maximum Gasteiger partial charge on any atom is -0.0381 e. The van der Waals surface area contributed by atoms with Gasteiger partial charge in [-0.15, -0.1) is 9.24 Å². The van der Waals surface area contributed by atoms with E-state index in [-0.39, 0.29) is 0 Å². The molecule has 0 bridgehead atoms. The summed E-state index contributed by atoms with van der Waals surface area (Å²) in [6.45, 7) is 4.64. The number of rotatable bonds is 6. The summed E-state index contributed by atoms with van der Waals surface area (Å²) in [5.74, 6) is 0.959. The highest BCUT2D eigenvalue weighted by atomic mass is 31.0. The molecule has 0 aliphatic heterocycles. The molecule has 0 spiro atoms. The van der Waals surface area contributed by atoms with Crippen LogP contribution in [-0.4, -0.2) is 6.16 Å². The fourth-order valence-electron chi connectivity index (χ4n) is 1.16. The van der Waals surface area contributed by atoms with Crippen molar-refractivity contribution in [1.29, 1.82) is 0 Å². The third kappa shape index (κ3) is 6.55. The minimum absolute atomic E-state index is 0.959. The van der Waals surface area contributed by atoms with Crippen LogP contribution in [0.15, 0.2) is 0 Å². The van der Waals surface area contributed by atoms with Crippen molar-refractivity contribution in [2.45, 2.75) is 46.0 Å². The van der Waals surface area contributed by atoms with Gasteiger partial charge in [0.1, 0.15) is 0 Å². The van der Waals surface area contributed by atoms with Crippen LogP contribution in [0.25, 0.3) is 0 Å². The Morgan fingerprint density at radius 1 is 1.20 bits per heavy atom. The van der Waals surface area contributed by atoms with Gasteiger partial charge in [-0.3, -0.25) is 0 Å². The van der Waals surface area contributed by atoms with Crippen LogP contribution in [0, 0.1) is 5.92 Å². The largest absolute Gasteiger partial charge is 0.138 e. The van der Waals surface area contributed by atoms with Crippen molar-refractivity contribution in [3.05, 3.63) is 0 Å². The smallest absolute Gasteiger partial charge is 0.0381 e. The topological polar surface area (TPSA) is 0 Å². The fraction of sp³-hybridized carbons (Fsp3) is 1.00. The molecule has 2 atom stereocenters. The average Bonchev–Trinajstić information content (AvgIpc) is 1.97. The summed E-state index contributed by atoms with van der Waals surface area (Å²) in [6, 6.07) is 0. The Kier molecular flexibility index (Phi) is 7.86. The molecule has 0 aromatic rings. The molecule has 0 fully saturated rings. The molecule has 1 heteroatoms. The highest BCUT2D eigenvalue weighted by Crippen LogP contribution is 2.14. The number of hydrogen-bond donors (Lipinski definition) is 0. The molecular formula is C9H21P. The molecule has 0 radical (unpaired) electrons. The Morgan fingerprint density at radius 3 is 2.30 bits per heavy atom. The first-order chi connectivity index (χ1) is 4.81. The minimum atomic E-state index is 0.959. The monoisotopic (exact) mass is 160 g/mol. The van der Waals surface area contributed by atoms with Gasteiger partial charge >= 0.3 is 0 Å². The third-order valence-corrected chi connectivity index (χ3v) is 2.36. The zero-order valence-electron chi connectivity index (χ0n) is 7.40. The van der Waals surface area contributed by atoms with Gasteiger partial charge in [-0.2, -0.15) is 0 Å². The highest BCUT2D eigenvalue weighted by molar-refractivity contribution is 7.16. The summed E-state index contributed by atoms with van der Waals surface area (Å²) < 4.78 is 0. The quantitative estimate of drug-likeness (QED) is 0.522. The predicted molar refractivity (Wildman–Crippen MR) is 52.5 cm³/mol.